The van der Waals surface area contributed by atoms with Crippen LogP contribution in [-0.4, -0.2) is 17.1 Å². The lowest BCUT2D eigenvalue weighted by atomic mass is 10.2. The van der Waals surface area contributed by atoms with Gasteiger partial charge in [0.05, 0.1) is 6.61 Å². The molecule has 4 nitrogen and oxygen atoms in total. The van der Waals surface area contributed by atoms with Crippen LogP contribution in [0.25, 0.3) is 10.9 Å². The summed E-state index contributed by atoms with van der Waals surface area (Å²) in [6, 6.07) is 17.8. The van der Waals surface area contributed by atoms with Crippen molar-refractivity contribution >= 4 is 22.5 Å². The van der Waals surface area contributed by atoms with Gasteiger partial charge in [-0.3, -0.25) is 4.79 Å². The van der Waals surface area contributed by atoms with Gasteiger partial charge in [-0.1, -0.05) is 36.4 Å². The number of hydrogen-bond donors (Lipinski definition) is 1. The van der Waals surface area contributed by atoms with Gasteiger partial charge in [0, 0.05) is 29.6 Å². The number of carbonyl (C=O) groups is 1. The molecule has 118 valence electrons. The van der Waals surface area contributed by atoms with Crippen molar-refractivity contribution in [3.8, 4) is 0 Å². The zero-order chi connectivity index (χ0) is 16.1. The van der Waals surface area contributed by atoms with E-state index in [1.165, 1.54) is 0 Å². The molecule has 0 aliphatic heterocycles. The van der Waals surface area contributed by atoms with Crippen LogP contribution in [0.3, 0.4) is 0 Å². The predicted octanol–water partition coefficient (Wildman–Crippen LogP) is 3.82. The van der Waals surface area contributed by atoms with Gasteiger partial charge in [-0.2, -0.15) is 0 Å². The second-order valence-electron chi connectivity index (χ2n) is 5.34. The van der Waals surface area contributed by atoms with Crippen LogP contribution in [-0.2, 0) is 22.7 Å². The Morgan fingerprint density at radius 1 is 1.09 bits per heavy atom. The molecule has 3 aromatic rings. The first-order valence-corrected chi connectivity index (χ1v) is 7.77. The van der Waals surface area contributed by atoms with Crippen molar-refractivity contribution in [2.24, 2.45) is 0 Å². The lowest BCUT2D eigenvalue weighted by Gasteiger charge is -2.12. The van der Waals surface area contributed by atoms with E-state index >= 15 is 0 Å². The molecule has 23 heavy (non-hydrogen) atoms. The minimum Gasteiger partial charge on any atom is -0.377 e. The lowest BCUT2D eigenvalue weighted by Crippen LogP contribution is -2.19. The van der Waals surface area contributed by atoms with Crippen molar-refractivity contribution in [1.29, 1.82) is 0 Å². The highest BCUT2D eigenvalue weighted by Gasteiger charge is 2.09. The smallest absolute Gasteiger partial charge is 0.244 e. The molecule has 1 heterocycles. The standard InChI is InChI=1S/C19H20N2O2/c1-2-23-14-16-8-3-5-9-17(16)20-19(22)13-21-12-11-15-7-4-6-10-18(15)21/h3-12H,2,13-14H2,1H3,(H,20,22). The molecule has 0 fully saturated rings. The quantitative estimate of drug-likeness (QED) is 0.752. The third kappa shape index (κ3) is 3.60. The highest BCUT2D eigenvalue weighted by Crippen LogP contribution is 2.18. The minimum absolute atomic E-state index is 0.0460. The van der Waals surface area contributed by atoms with Gasteiger partial charge in [0.15, 0.2) is 0 Å². The van der Waals surface area contributed by atoms with Crippen LogP contribution >= 0.6 is 0 Å². The van der Waals surface area contributed by atoms with Gasteiger partial charge in [-0.05, 0) is 30.5 Å². The van der Waals surface area contributed by atoms with Gasteiger partial charge in [0.2, 0.25) is 5.91 Å². The number of rotatable bonds is 6. The van der Waals surface area contributed by atoms with Gasteiger partial charge in [0.25, 0.3) is 0 Å². The summed E-state index contributed by atoms with van der Waals surface area (Å²) in [4.78, 5) is 12.4. The van der Waals surface area contributed by atoms with Crippen molar-refractivity contribution in [1.82, 2.24) is 4.57 Å². The third-order valence-electron chi connectivity index (χ3n) is 3.75. The van der Waals surface area contributed by atoms with Crippen LogP contribution in [0.4, 0.5) is 5.69 Å². The molecule has 0 unspecified atom stereocenters. The summed E-state index contributed by atoms with van der Waals surface area (Å²) in [5.41, 5.74) is 2.85. The summed E-state index contributed by atoms with van der Waals surface area (Å²) in [7, 11) is 0. The fourth-order valence-electron chi connectivity index (χ4n) is 2.60. The molecule has 0 saturated heterocycles. The number of benzene rings is 2. The molecule has 0 bridgehead atoms. The summed E-state index contributed by atoms with van der Waals surface area (Å²) in [6.45, 7) is 3.39. The Labute approximate surface area is 135 Å². The SMILES string of the molecule is CCOCc1ccccc1NC(=O)Cn1ccc2ccccc21. The number of nitrogens with zero attached hydrogens (tertiary/aromatic N) is 1. The van der Waals surface area contributed by atoms with Crippen molar-refractivity contribution in [3.63, 3.8) is 0 Å². The van der Waals surface area contributed by atoms with Gasteiger partial charge in [0.1, 0.15) is 6.54 Å². The number of hydrogen-bond acceptors (Lipinski definition) is 2. The monoisotopic (exact) mass is 308 g/mol. The van der Waals surface area contributed by atoms with Crippen LogP contribution in [0.2, 0.25) is 0 Å². The molecule has 3 rings (SSSR count). The summed E-state index contributed by atoms with van der Waals surface area (Å²) in [6.07, 6.45) is 1.94. The average Bonchev–Trinajstić information content (AvgIpc) is 2.97. The number of amides is 1. The maximum absolute atomic E-state index is 12.4. The molecule has 1 aromatic heterocycles. The third-order valence-corrected chi connectivity index (χ3v) is 3.75. The fourth-order valence-corrected chi connectivity index (χ4v) is 2.60. The summed E-state index contributed by atoms with van der Waals surface area (Å²) in [5.74, 6) is -0.0460. The summed E-state index contributed by atoms with van der Waals surface area (Å²) < 4.78 is 7.40. The number of fused-ring (bicyclic) bond motifs is 1. The Morgan fingerprint density at radius 3 is 2.74 bits per heavy atom. The van der Waals surface area contributed by atoms with E-state index in [1.807, 2.05) is 72.3 Å². The predicted molar refractivity (Wildman–Crippen MR) is 92.3 cm³/mol. The maximum Gasteiger partial charge on any atom is 0.244 e. The van der Waals surface area contributed by atoms with Gasteiger partial charge < -0.3 is 14.6 Å². The first-order valence-electron chi connectivity index (χ1n) is 7.77. The topological polar surface area (TPSA) is 43.3 Å². The normalized spacial score (nSPS) is 10.8. The molecule has 0 spiro atoms. The summed E-state index contributed by atoms with van der Waals surface area (Å²) in [5, 5.41) is 4.12. The van der Waals surface area contributed by atoms with E-state index in [1.54, 1.807) is 0 Å². The molecule has 4 heteroatoms. The van der Waals surface area contributed by atoms with E-state index in [9.17, 15) is 4.79 Å². The van der Waals surface area contributed by atoms with Crippen LogP contribution in [0, 0.1) is 0 Å². The molecule has 0 aliphatic carbocycles. The molecule has 1 N–H and O–H groups in total. The van der Waals surface area contributed by atoms with Crippen LogP contribution in [0.1, 0.15) is 12.5 Å². The molecule has 0 radical (unpaired) electrons. The first kappa shape index (κ1) is 15.3. The molecular formula is C19H20N2O2. The summed E-state index contributed by atoms with van der Waals surface area (Å²) >= 11 is 0. The largest absolute Gasteiger partial charge is 0.377 e. The second-order valence-corrected chi connectivity index (χ2v) is 5.34. The Morgan fingerprint density at radius 2 is 1.87 bits per heavy atom. The van der Waals surface area contributed by atoms with E-state index in [0.29, 0.717) is 13.2 Å². The highest BCUT2D eigenvalue weighted by atomic mass is 16.5. The molecule has 1 amide bonds. The van der Waals surface area contributed by atoms with Gasteiger partial charge in [-0.25, -0.2) is 0 Å². The Bertz CT molecular complexity index is 808. The van der Waals surface area contributed by atoms with Crippen LogP contribution in [0.15, 0.2) is 60.8 Å². The Balaban J connectivity index is 1.72. The zero-order valence-corrected chi connectivity index (χ0v) is 13.2. The van der Waals surface area contributed by atoms with Crippen molar-refractivity contribution in [2.45, 2.75) is 20.1 Å². The number of aromatic nitrogens is 1. The van der Waals surface area contributed by atoms with E-state index < -0.39 is 0 Å². The van der Waals surface area contributed by atoms with Crippen LogP contribution in [0.5, 0.6) is 0 Å². The number of nitrogens with one attached hydrogen (secondary N) is 1. The Hall–Kier alpha value is -2.59. The van der Waals surface area contributed by atoms with Crippen molar-refractivity contribution < 1.29 is 9.53 Å². The highest BCUT2D eigenvalue weighted by molar-refractivity contribution is 5.92. The molecule has 0 atom stereocenters. The van der Waals surface area contributed by atoms with Crippen molar-refractivity contribution in [3.05, 3.63) is 66.4 Å². The molecule has 0 aliphatic rings. The first-order chi connectivity index (χ1) is 11.3. The number of para-hydroxylation sites is 2. The number of ether oxygens (including phenoxy) is 1. The lowest BCUT2D eigenvalue weighted by molar-refractivity contribution is -0.116. The average molecular weight is 308 g/mol. The Kier molecular flexibility index (Phi) is 4.74. The van der Waals surface area contributed by atoms with E-state index in [4.69, 9.17) is 4.74 Å². The molecule has 2 aromatic carbocycles. The minimum atomic E-state index is -0.0460. The number of anilines is 1. The fraction of sp³-hybridized carbons (Fsp3) is 0.211. The van der Waals surface area contributed by atoms with Crippen molar-refractivity contribution in [2.75, 3.05) is 11.9 Å². The second kappa shape index (κ2) is 7.11. The van der Waals surface area contributed by atoms with E-state index in [2.05, 4.69) is 5.32 Å². The zero-order valence-electron chi connectivity index (χ0n) is 13.2. The molecule has 0 saturated carbocycles. The van der Waals surface area contributed by atoms with E-state index in [0.717, 1.165) is 22.2 Å². The van der Waals surface area contributed by atoms with Crippen LogP contribution < -0.4 is 5.32 Å². The van der Waals surface area contributed by atoms with Gasteiger partial charge in [-0.15, -0.1) is 0 Å². The maximum atomic E-state index is 12.4. The number of carbonyl (C=O) groups excluding carboxylic acids is 1. The van der Waals surface area contributed by atoms with Gasteiger partial charge >= 0.3 is 0 Å². The molecular weight excluding hydrogens is 288 g/mol. The van der Waals surface area contributed by atoms with E-state index in [-0.39, 0.29) is 12.5 Å².